The number of likely N-dealkylation sites (tertiary alicyclic amines) is 1. The molecule has 1 saturated heterocycles. The maximum atomic E-state index is 13.5. The predicted molar refractivity (Wildman–Crippen MR) is 130 cm³/mol. The van der Waals surface area contributed by atoms with Crippen LogP contribution in [-0.2, 0) is 30.2 Å². The molecule has 0 radical (unpaired) electrons. The van der Waals surface area contributed by atoms with E-state index in [1.807, 2.05) is 0 Å². The van der Waals surface area contributed by atoms with Crippen LogP contribution in [0.15, 0.2) is 53.4 Å². The van der Waals surface area contributed by atoms with E-state index in [1.54, 1.807) is 6.26 Å². The van der Waals surface area contributed by atoms with Crippen LogP contribution in [0.1, 0.15) is 31.2 Å². The average Bonchev–Trinajstić information content (AvgIpc) is 3.75. The van der Waals surface area contributed by atoms with Crippen LogP contribution in [0.3, 0.4) is 0 Å². The number of benzene rings is 2. The van der Waals surface area contributed by atoms with Crippen molar-refractivity contribution in [2.75, 3.05) is 19.3 Å². The van der Waals surface area contributed by atoms with Gasteiger partial charge >= 0.3 is 6.18 Å². The van der Waals surface area contributed by atoms with Gasteiger partial charge in [-0.3, -0.25) is 10.0 Å². The number of carbonyl (C=O) groups excluding carboxylic acids is 1. The number of hydroxylamine groups is 1. The van der Waals surface area contributed by atoms with E-state index in [0.29, 0.717) is 19.1 Å². The minimum absolute atomic E-state index is 0.0576. The van der Waals surface area contributed by atoms with Crippen molar-refractivity contribution in [3.63, 3.8) is 0 Å². The minimum atomic E-state index is -4.46. The highest BCUT2D eigenvalue weighted by Gasteiger charge is 2.54. The lowest BCUT2D eigenvalue weighted by Gasteiger charge is -2.39. The summed E-state index contributed by atoms with van der Waals surface area (Å²) in [6.07, 6.45) is -0.598. The third-order valence-corrected chi connectivity index (χ3v) is 9.06. The Labute approximate surface area is 221 Å². The van der Waals surface area contributed by atoms with Gasteiger partial charge in [0.05, 0.1) is 10.5 Å². The first kappa shape index (κ1) is 30.1. The Kier molecular flexibility index (Phi) is 10.0. The van der Waals surface area contributed by atoms with E-state index in [9.17, 15) is 31.6 Å². The molecule has 210 valence electrons. The average molecular weight is 581 g/mol. The van der Waals surface area contributed by atoms with Crippen molar-refractivity contribution in [3.05, 3.63) is 54.1 Å². The molecule has 0 aromatic heterocycles. The summed E-state index contributed by atoms with van der Waals surface area (Å²) >= 11 is 0.929. The fourth-order valence-electron chi connectivity index (χ4n) is 4.20. The van der Waals surface area contributed by atoms with E-state index in [4.69, 9.17) is 9.99 Å². The van der Waals surface area contributed by atoms with Crippen molar-refractivity contribution in [1.82, 2.24) is 10.4 Å². The number of hydrogen-bond acceptors (Lipinski definition) is 10. The van der Waals surface area contributed by atoms with Crippen LogP contribution in [0.2, 0.25) is 0 Å². The molecule has 2 fully saturated rings. The van der Waals surface area contributed by atoms with Crippen LogP contribution in [-0.4, -0.2) is 59.8 Å². The molecule has 0 spiro atoms. The van der Waals surface area contributed by atoms with E-state index in [0.717, 1.165) is 37.0 Å². The van der Waals surface area contributed by atoms with E-state index < -0.39 is 32.2 Å². The number of alkyl halides is 3. The van der Waals surface area contributed by atoms with E-state index in [2.05, 4.69) is 14.3 Å². The van der Waals surface area contributed by atoms with Gasteiger partial charge in [-0.2, -0.15) is 13.2 Å². The molecule has 2 aromatic rings. The molecule has 1 amide bonds. The zero-order valence-electron chi connectivity index (χ0n) is 20.2. The quantitative estimate of drug-likeness (QED) is 0.178. The van der Waals surface area contributed by atoms with Crippen LogP contribution < -0.4 is 10.2 Å². The summed E-state index contributed by atoms with van der Waals surface area (Å²) in [6, 6.07) is 9.86. The Morgan fingerprint density at radius 3 is 1.97 bits per heavy atom. The molecule has 4 rings (SSSR count). The second-order valence-corrected chi connectivity index (χ2v) is 11.3. The van der Waals surface area contributed by atoms with Crippen LogP contribution >= 0.6 is 12.0 Å². The number of rotatable bonds is 8. The highest BCUT2D eigenvalue weighted by Crippen LogP contribution is 2.40. The first-order valence-electron chi connectivity index (χ1n) is 11.4. The molecule has 1 aliphatic heterocycles. The van der Waals surface area contributed by atoms with Crippen molar-refractivity contribution in [3.8, 4) is 11.5 Å². The summed E-state index contributed by atoms with van der Waals surface area (Å²) in [5, 5.41) is 19.7. The van der Waals surface area contributed by atoms with Crippen molar-refractivity contribution in [2.45, 2.75) is 47.5 Å². The standard InChI is InChI=1S/C22H23F3N2O5S.CH4O3S/c23-22(24,25)15-1-5-17(6-2-15)32-18-7-9-19(10-8-18)33(30,31)21(20(28)26-29)11-13-27(14-12-21)16-3-4-16;1-5-4-3-2/h1-2,5-10,16,29H,3-4,11-14H2,(H,26,28);2H,1H3. The highest BCUT2D eigenvalue weighted by molar-refractivity contribution is 7.94. The number of halogens is 3. The zero-order valence-corrected chi connectivity index (χ0v) is 21.8. The monoisotopic (exact) mass is 580 g/mol. The lowest BCUT2D eigenvalue weighted by Crippen LogP contribution is -2.58. The Balaban J connectivity index is 0.000000732. The Hall–Kier alpha value is -2.40. The summed E-state index contributed by atoms with van der Waals surface area (Å²) < 4.78 is 72.5. The number of hydrogen-bond donors (Lipinski definition) is 3. The summed E-state index contributed by atoms with van der Waals surface area (Å²) in [5.74, 6) is -0.580. The molecule has 10 nitrogen and oxygen atoms in total. The number of sulfone groups is 1. The summed E-state index contributed by atoms with van der Waals surface area (Å²) in [6.45, 7) is 0.874. The molecule has 3 N–H and O–H groups in total. The third-order valence-electron chi connectivity index (χ3n) is 6.35. The molecule has 38 heavy (non-hydrogen) atoms. The van der Waals surface area contributed by atoms with E-state index in [1.165, 1.54) is 41.9 Å². The molecule has 1 saturated carbocycles. The maximum Gasteiger partial charge on any atom is 0.416 e. The number of piperidine rings is 1. The first-order valence-corrected chi connectivity index (χ1v) is 14.0. The lowest BCUT2D eigenvalue weighted by molar-refractivity contribution is -0.432. The van der Waals surface area contributed by atoms with Gasteiger partial charge in [0.15, 0.2) is 14.6 Å². The summed E-state index contributed by atoms with van der Waals surface area (Å²) in [7, 11) is -4.15. The molecular formula is C23H27F3N2O8S2. The molecule has 0 atom stereocenters. The van der Waals surface area contributed by atoms with Gasteiger partial charge in [0.2, 0.25) is 0 Å². The molecule has 0 unspecified atom stereocenters. The van der Waals surface area contributed by atoms with Crippen LogP contribution in [0.4, 0.5) is 13.2 Å². The molecule has 2 aliphatic rings. The van der Waals surface area contributed by atoms with Crippen molar-refractivity contribution < 1.29 is 51.0 Å². The number of amides is 1. The largest absolute Gasteiger partial charge is 0.457 e. The van der Waals surface area contributed by atoms with Gasteiger partial charge < -0.3 is 9.64 Å². The molecule has 15 heteroatoms. The SMILES string of the molecule is CSOOO.O=C(NO)C1(S(=O)(=O)c2ccc(Oc3ccc(C(F)(F)F)cc3)cc2)CCN(C2CC2)CC1. The van der Waals surface area contributed by atoms with Crippen molar-refractivity contribution >= 4 is 27.8 Å². The second-order valence-electron chi connectivity index (χ2n) is 8.61. The van der Waals surface area contributed by atoms with E-state index >= 15 is 0 Å². The van der Waals surface area contributed by atoms with Crippen molar-refractivity contribution in [2.24, 2.45) is 0 Å². The molecule has 0 bridgehead atoms. The predicted octanol–water partition coefficient (Wildman–Crippen LogP) is 4.46. The Morgan fingerprint density at radius 2 is 1.58 bits per heavy atom. The molecule has 2 aromatic carbocycles. The van der Waals surface area contributed by atoms with Gasteiger partial charge in [-0.15, -0.1) is 4.33 Å². The number of nitrogens with one attached hydrogen (secondary N) is 1. The molecule has 1 aliphatic carbocycles. The summed E-state index contributed by atoms with van der Waals surface area (Å²) in [4.78, 5) is 14.6. The normalized spacial score (nSPS) is 17.7. The maximum absolute atomic E-state index is 13.5. The smallest absolute Gasteiger partial charge is 0.416 e. The van der Waals surface area contributed by atoms with Gasteiger partial charge in [0.1, 0.15) is 11.5 Å². The third kappa shape index (κ3) is 6.97. The van der Waals surface area contributed by atoms with Crippen LogP contribution in [0.25, 0.3) is 0 Å². The van der Waals surface area contributed by atoms with Gasteiger partial charge in [0.25, 0.3) is 5.91 Å². The fourth-order valence-corrected chi connectivity index (χ4v) is 6.22. The number of nitrogens with zero attached hydrogens (tertiary/aromatic N) is 1. The number of ether oxygens (including phenoxy) is 1. The van der Waals surface area contributed by atoms with Gasteiger partial charge in [-0.25, -0.2) is 19.2 Å². The first-order chi connectivity index (χ1) is 18.0. The summed E-state index contributed by atoms with van der Waals surface area (Å²) in [5.41, 5.74) is 0.720. The van der Waals surface area contributed by atoms with Gasteiger partial charge in [0, 0.05) is 37.4 Å². The molecule has 1 heterocycles. The van der Waals surface area contributed by atoms with Crippen LogP contribution in [0.5, 0.6) is 11.5 Å². The lowest BCUT2D eigenvalue weighted by atomic mass is 9.94. The van der Waals surface area contributed by atoms with Crippen LogP contribution in [0, 0.1) is 0 Å². The topological polar surface area (TPSA) is 135 Å². The van der Waals surface area contributed by atoms with Gasteiger partial charge in [-0.1, -0.05) is 5.04 Å². The Bertz CT molecular complexity index is 1160. The van der Waals surface area contributed by atoms with E-state index in [-0.39, 0.29) is 29.2 Å². The molecular weight excluding hydrogens is 553 g/mol. The van der Waals surface area contributed by atoms with Crippen molar-refractivity contribution in [1.29, 1.82) is 0 Å². The zero-order chi connectivity index (χ0) is 28.0. The fraction of sp³-hybridized carbons (Fsp3) is 0.435. The highest BCUT2D eigenvalue weighted by atomic mass is 32.2. The second kappa shape index (κ2) is 12.6. The van der Waals surface area contributed by atoms with Gasteiger partial charge in [-0.05, 0) is 74.2 Å². The minimum Gasteiger partial charge on any atom is -0.457 e. The Morgan fingerprint density at radius 1 is 1.05 bits per heavy atom. The number of carbonyl (C=O) groups is 1.